The Morgan fingerprint density at radius 2 is 2.08 bits per heavy atom. The molecule has 1 heterocycles. The number of hydrogen-bond donors (Lipinski definition) is 2. The van der Waals surface area contributed by atoms with Crippen LogP contribution >= 0.6 is 12.2 Å². The molecule has 25 heavy (non-hydrogen) atoms. The molecule has 0 saturated heterocycles. The minimum absolute atomic E-state index is 0.569. The van der Waals surface area contributed by atoms with Gasteiger partial charge in [-0.25, -0.2) is 0 Å². The Morgan fingerprint density at radius 3 is 2.92 bits per heavy atom. The second-order valence-electron chi connectivity index (χ2n) is 6.34. The molecule has 0 aliphatic carbocycles. The molecule has 0 spiro atoms. The van der Waals surface area contributed by atoms with Crippen LogP contribution in [0.3, 0.4) is 0 Å². The zero-order valence-corrected chi connectivity index (χ0v) is 15.6. The minimum Gasteiger partial charge on any atom is -0.497 e. The number of anilines is 2. The second kappa shape index (κ2) is 8.21. The monoisotopic (exact) mass is 355 g/mol. The van der Waals surface area contributed by atoms with Crippen molar-refractivity contribution in [2.75, 3.05) is 30.4 Å². The molecular formula is C20H25N3OS. The van der Waals surface area contributed by atoms with Gasteiger partial charge in [0.05, 0.1) is 7.11 Å². The van der Waals surface area contributed by atoms with Crippen LogP contribution in [0.25, 0.3) is 0 Å². The molecule has 0 unspecified atom stereocenters. The Kier molecular flexibility index (Phi) is 5.76. The van der Waals surface area contributed by atoms with Gasteiger partial charge in [-0.3, -0.25) is 0 Å². The van der Waals surface area contributed by atoms with Gasteiger partial charge in [0.25, 0.3) is 0 Å². The average molecular weight is 356 g/mol. The summed E-state index contributed by atoms with van der Waals surface area (Å²) in [6.45, 7) is 4.18. The Balaban J connectivity index is 1.43. The molecule has 1 atom stereocenters. The Bertz CT molecular complexity index is 734. The van der Waals surface area contributed by atoms with Gasteiger partial charge in [-0.1, -0.05) is 24.3 Å². The highest BCUT2D eigenvalue weighted by Crippen LogP contribution is 2.31. The van der Waals surface area contributed by atoms with Gasteiger partial charge in [-0.15, -0.1) is 0 Å². The number of nitrogens with zero attached hydrogens (tertiary/aromatic N) is 1. The summed E-state index contributed by atoms with van der Waals surface area (Å²) in [5, 5.41) is 7.12. The lowest BCUT2D eigenvalue weighted by molar-refractivity contribution is 0.415. The van der Waals surface area contributed by atoms with E-state index in [1.54, 1.807) is 7.11 Å². The number of methoxy groups -OCH3 is 1. The molecule has 3 rings (SSSR count). The lowest BCUT2D eigenvalue weighted by Gasteiger charge is -2.25. The van der Waals surface area contributed by atoms with Crippen molar-refractivity contribution in [3.63, 3.8) is 0 Å². The first-order chi connectivity index (χ1) is 12.2. The molecule has 0 bridgehead atoms. The first-order valence-electron chi connectivity index (χ1n) is 8.71. The third-order valence-corrected chi connectivity index (χ3v) is 4.78. The zero-order chi connectivity index (χ0) is 17.6. The molecule has 2 aromatic carbocycles. The number of benzene rings is 2. The van der Waals surface area contributed by atoms with Gasteiger partial charge in [0, 0.05) is 36.6 Å². The molecule has 0 saturated carbocycles. The van der Waals surface area contributed by atoms with Crippen LogP contribution in [-0.4, -0.2) is 31.4 Å². The van der Waals surface area contributed by atoms with Crippen LogP contribution in [0.2, 0.25) is 0 Å². The molecule has 1 aliphatic heterocycles. The van der Waals surface area contributed by atoms with E-state index in [4.69, 9.17) is 17.0 Å². The summed E-state index contributed by atoms with van der Waals surface area (Å²) in [7, 11) is 1.66. The van der Waals surface area contributed by atoms with Gasteiger partial charge < -0.3 is 20.3 Å². The molecule has 0 amide bonds. The number of ether oxygens (including phenoxy) is 1. The van der Waals surface area contributed by atoms with Gasteiger partial charge in [-0.05, 0) is 55.7 Å². The van der Waals surface area contributed by atoms with Crippen molar-refractivity contribution in [1.82, 2.24) is 5.32 Å². The average Bonchev–Trinajstić information content (AvgIpc) is 2.94. The normalized spacial score (nSPS) is 15.6. The molecule has 2 aromatic rings. The molecule has 5 heteroatoms. The van der Waals surface area contributed by atoms with Gasteiger partial charge in [0.2, 0.25) is 0 Å². The fourth-order valence-corrected chi connectivity index (χ4v) is 3.52. The van der Waals surface area contributed by atoms with Gasteiger partial charge >= 0.3 is 0 Å². The molecule has 0 radical (unpaired) electrons. The van der Waals surface area contributed by atoms with Crippen LogP contribution in [0.4, 0.5) is 11.4 Å². The maximum Gasteiger partial charge on any atom is 0.170 e. The Labute approximate surface area is 155 Å². The lowest BCUT2D eigenvalue weighted by Crippen LogP contribution is -2.34. The third kappa shape index (κ3) is 4.42. The molecule has 2 N–H and O–H groups in total. The lowest BCUT2D eigenvalue weighted by atomic mass is 10.1. The highest BCUT2D eigenvalue weighted by atomic mass is 32.1. The van der Waals surface area contributed by atoms with E-state index in [1.807, 2.05) is 24.3 Å². The predicted octanol–water partition coefficient (Wildman–Crippen LogP) is 3.82. The SMILES string of the molecule is COc1cccc(NC(=S)NCCCN2c3ccccc3C[C@@H]2C)c1. The van der Waals surface area contributed by atoms with E-state index in [-0.39, 0.29) is 0 Å². The van der Waals surface area contributed by atoms with Crippen molar-refractivity contribution in [1.29, 1.82) is 0 Å². The van der Waals surface area contributed by atoms with Crippen LogP contribution in [0.15, 0.2) is 48.5 Å². The summed E-state index contributed by atoms with van der Waals surface area (Å²) in [6, 6.07) is 17.0. The van der Waals surface area contributed by atoms with E-state index in [0.717, 1.165) is 37.4 Å². The number of hydrogen-bond acceptors (Lipinski definition) is 3. The molecule has 4 nitrogen and oxygen atoms in total. The Hall–Kier alpha value is -2.27. The predicted molar refractivity (Wildman–Crippen MR) is 109 cm³/mol. The maximum atomic E-state index is 5.37. The van der Waals surface area contributed by atoms with Crippen LogP contribution < -0.4 is 20.3 Å². The smallest absolute Gasteiger partial charge is 0.170 e. The van der Waals surface area contributed by atoms with Crippen molar-refractivity contribution in [2.24, 2.45) is 0 Å². The van der Waals surface area contributed by atoms with Crippen molar-refractivity contribution >= 4 is 28.7 Å². The summed E-state index contributed by atoms with van der Waals surface area (Å²) in [5.41, 5.74) is 3.77. The topological polar surface area (TPSA) is 36.5 Å². The van der Waals surface area contributed by atoms with Crippen LogP contribution in [0.1, 0.15) is 18.9 Å². The van der Waals surface area contributed by atoms with Gasteiger partial charge in [0.15, 0.2) is 5.11 Å². The van der Waals surface area contributed by atoms with Crippen LogP contribution in [-0.2, 0) is 6.42 Å². The van der Waals surface area contributed by atoms with E-state index in [1.165, 1.54) is 11.3 Å². The largest absolute Gasteiger partial charge is 0.497 e. The zero-order valence-electron chi connectivity index (χ0n) is 14.8. The Morgan fingerprint density at radius 1 is 1.24 bits per heavy atom. The number of fused-ring (bicyclic) bond motifs is 1. The van der Waals surface area contributed by atoms with Crippen molar-refractivity contribution in [3.8, 4) is 5.75 Å². The first kappa shape index (κ1) is 17.5. The maximum absolute atomic E-state index is 5.37. The van der Waals surface area contributed by atoms with Crippen LogP contribution in [0.5, 0.6) is 5.75 Å². The number of thiocarbonyl (C=S) groups is 1. The van der Waals surface area contributed by atoms with Crippen LogP contribution in [0, 0.1) is 0 Å². The van der Waals surface area contributed by atoms with Gasteiger partial charge in [-0.2, -0.15) is 0 Å². The minimum atomic E-state index is 0.569. The molecule has 0 aromatic heterocycles. The van der Waals surface area contributed by atoms with E-state index in [9.17, 15) is 0 Å². The van der Waals surface area contributed by atoms with Crippen molar-refractivity contribution in [3.05, 3.63) is 54.1 Å². The quantitative estimate of drug-likeness (QED) is 0.608. The standard InChI is InChI=1S/C20H25N3OS/c1-15-13-16-7-3-4-10-19(16)23(15)12-6-11-21-20(25)22-17-8-5-9-18(14-17)24-2/h3-5,7-10,14-15H,6,11-13H2,1-2H3,(H2,21,22,25)/t15-/m0/s1. The summed E-state index contributed by atoms with van der Waals surface area (Å²) >= 11 is 5.37. The summed E-state index contributed by atoms with van der Waals surface area (Å²) in [4.78, 5) is 2.50. The number of rotatable bonds is 6. The number of para-hydroxylation sites is 1. The number of nitrogens with one attached hydrogen (secondary N) is 2. The first-order valence-corrected chi connectivity index (χ1v) is 9.11. The highest BCUT2D eigenvalue weighted by Gasteiger charge is 2.24. The van der Waals surface area contributed by atoms with Crippen molar-refractivity contribution < 1.29 is 4.74 Å². The van der Waals surface area contributed by atoms with E-state index >= 15 is 0 Å². The second-order valence-corrected chi connectivity index (χ2v) is 6.75. The van der Waals surface area contributed by atoms with E-state index in [2.05, 4.69) is 46.7 Å². The summed E-state index contributed by atoms with van der Waals surface area (Å²) in [6.07, 6.45) is 2.18. The molecular weight excluding hydrogens is 330 g/mol. The van der Waals surface area contributed by atoms with Gasteiger partial charge in [0.1, 0.15) is 5.75 Å². The third-order valence-electron chi connectivity index (χ3n) is 4.54. The van der Waals surface area contributed by atoms with E-state index in [0.29, 0.717) is 11.2 Å². The summed E-state index contributed by atoms with van der Waals surface area (Å²) in [5.74, 6) is 0.814. The fraction of sp³-hybridized carbons (Fsp3) is 0.350. The highest BCUT2D eigenvalue weighted by molar-refractivity contribution is 7.80. The fourth-order valence-electron chi connectivity index (χ4n) is 3.30. The van der Waals surface area contributed by atoms with Crippen molar-refractivity contribution in [2.45, 2.75) is 25.8 Å². The molecule has 132 valence electrons. The summed E-state index contributed by atoms with van der Waals surface area (Å²) < 4.78 is 5.22. The van der Waals surface area contributed by atoms with E-state index < -0.39 is 0 Å². The molecule has 0 fully saturated rings. The molecule has 1 aliphatic rings.